The molecule has 4 N–H and O–H groups in total. The number of nitrogens with one attached hydrogen (secondary N) is 2. The van der Waals surface area contributed by atoms with Crippen LogP contribution in [0.4, 0.5) is 0 Å². The number of amides is 2. The van der Waals surface area contributed by atoms with E-state index in [9.17, 15) is 14.7 Å². The van der Waals surface area contributed by atoms with Gasteiger partial charge < -0.3 is 15.3 Å². The molecule has 2 atom stereocenters. The van der Waals surface area contributed by atoms with Gasteiger partial charge in [0.05, 0.1) is 6.10 Å². The normalized spacial score (nSPS) is 13.1. The number of aliphatic hydroxyl groups excluding tert-OH is 1. The van der Waals surface area contributed by atoms with Gasteiger partial charge in [0.1, 0.15) is 6.04 Å². The van der Waals surface area contributed by atoms with Gasteiger partial charge in [-0.25, -0.2) is 5.48 Å². The molecule has 0 bridgehead atoms. The van der Waals surface area contributed by atoms with Gasteiger partial charge in [-0.3, -0.25) is 14.8 Å². The van der Waals surface area contributed by atoms with E-state index in [1.54, 1.807) is 12.1 Å². The molecule has 2 aromatic rings. The highest BCUT2D eigenvalue weighted by Crippen LogP contribution is 2.21. The van der Waals surface area contributed by atoms with Crippen LogP contribution in [0.5, 0.6) is 0 Å². The van der Waals surface area contributed by atoms with E-state index in [0.29, 0.717) is 5.56 Å². The van der Waals surface area contributed by atoms with Crippen molar-refractivity contribution in [2.24, 2.45) is 0 Å². The predicted octanol–water partition coefficient (Wildman–Crippen LogP) is 1.40. The highest BCUT2D eigenvalue weighted by Gasteiger charge is 2.25. The van der Waals surface area contributed by atoms with E-state index < -0.39 is 24.0 Å². The van der Waals surface area contributed by atoms with Crippen LogP contribution in [0.2, 0.25) is 0 Å². The van der Waals surface area contributed by atoms with E-state index in [2.05, 4.69) is 22.3 Å². The second kappa shape index (κ2) is 9.27. The summed E-state index contributed by atoms with van der Waals surface area (Å²) < 4.78 is 0. The molecule has 27 heavy (non-hydrogen) atoms. The summed E-state index contributed by atoms with van der Waals surface area (Å²) in [6.07, 6.45) is -1.15. The van der Waals surface area contributed by atoms with Crippen LogP contribution in [-0.4, -0.2) is 53.3 Å². The van der Waals surface area contributed by atoms with Crippen molar-refractivity contribution in [1.29, 1.82) is 0 Å². The summed E-state index contributed by atoms with van der Waals surface area (Å²) in [5, 5.41) is 20.7. The molecule has 0 spiro atoms. The van der Waals surface area contributed by atoms with Crippen molar-refractivity contribution in [3.63, 3.8) is 0 Å². The van der Waals surface area contributed by atoms with E-state index in [1.807, 2.05) is 38.4 Å². The molecule has 0 saturated heterocycles. The lowest BCUT2D eigenvalue weighted by Crippen LogP contribution is -2.51. The predicted molar refractivity (Wildman–Crippen MR) is 102 cm³/mol. The first kappa shape index (κ1) is 20.6. The zero-order chi connectivity index (χ0) is 20.0. The summed E-state index contributed by atoms with van der Waals surface area (Å²) in [5.74, 6) is -1.40. The monoisotopic (exact) mass is 371 g/mol. The third-order valence-electron chi connectivity index (χ3n) is 4.09. The second-order valence-electron chi connectivity index (χ2n) is 6.68. The van der Waals surface area contributed by atoms with E-state index in [-0.39, 0.29) is 0 Å². The number of carbonyl (C=O) groups excluding carboxylic acids is 2. The van der Waals surface area contributed by atoms with Gasteiger partial charge in [-0.05, 0) is 49.8 Å². The van der Waals surface area contributed by atoms with Gasteiger partial charge in [0.2, 0.25) is 0 Å². The molecule has 2 aromatic carbocycles. The van der Waals surface area contributed by atoms with Gasteiger partial charge in [0, 0.05) is 12.1 Å². The number of hydrogen-bond acceptors (Lipinski definition) is 5. The summed E-state index contributed by atoms with van der Waals surface area (Å²) in [4.78, 5) is 25.9. The molecule has 0 aromatic heterocycles. The topological polar surface area (TPSA) is 102 Å². The number of benzene rings is 2. The molecule has 0 unspecified atom stereocenters. The second-order valence-corrected chi connectivity index (χ2v) is 6.68. The lowest BCUT2D eigenvalue weighted by atomic mass is 10.0. The number of nitrogens with zero attached hydrogens (tertiary/aromatic N) is 1. The van der Waals surface area contributed by atoms with Gasteiger partial charge >= 0.3 is 0 Å². The Morgan fingerprint density at radius 3 is 1.96 bits per heavy atom. The lowest BCUT2D eigenvalue weighted by Gasteiger charge is -2.19. The fourth-order valence-electron chi connectivity index (χ4n) is 2.68. The zero-order valence-electron chi connectivity index (χ0n) is 15.6. The Morgan fingerprint density at radius 2 is 1.52 bits per heavy atom. The van der Waals surface area contributed by atoms with Gasteiger partial charge in [0.25, 0.3) is 11.8 Å². The fraction of sp³-hybridized carbons (Fsp3) is 0.300. The van der Waals surface area contributed by atoms with Crippen LogP contribution in [0.1, 0.15) is 22.8 Å². The molecule has 0 heterocycles. The van der Waals surface area contributed by atoms with Gasteiger partial charge in [-0.2, -0.15) is 0 Å². The molecule has 0 aliphatic carbocycles. The quantitative estimate of drug-likeness (QED) is 0.435. The minimum Gasteiger partial charge on any atom is -0.391 e. The number of aliphatic hydroxyl groups is 1. The molecule has 2 amide bonds. The first-order valence-corrected chi connectivity index (χ1v) is 8.59. The van der Waals surface area contributed by atoms with Crippen LogP contribution in [0.15, 0.2) is 48.5 Å². The maximum Gasteiger partial charge on any atom is 0.268 e. The summed E-state index contributed by atoms with van der Waals surface area (Å²) >= 11 is 0. The summed E-state index contributed by atoms with van der Waals surface area (Å²) in [6, 6.07) is 13.9. The van der Waals surface area contributed by atoms with E-state index in [4.69, 9.17) is 5.21 Å². The maximum absolute atomic E-state index is 12.3. The molecule has 7 nitrogen and oxygen atoms in total. The van der Waals surface area contributed by atoms with Gasteiger partial charge in [-0.15, -0.1) is 0 Å². The van der Waals surface area contributed by atoms with Crippen LogP contribution in [-0.2, 0) is 11.3 Å². The molecular formula is C20H25N3O4. The van der Waals surface area contributed by atoms with Gasteiger partial charge in [0.15, 0.2) is 0 Å². The summed E-state index contributed by atoms with van der Waals surface area (Å²) in [6.45, 7) is 2.22. The molecule has 0 saturated carbocycles. The maximum atomic E-state index is 12.3. The van der Waals surface area contributed by atoms with E-state index in [1.165, 1.54) is 18.0 Å². The fourth-order valence-corrected chi connectivity index (χ4v) is 2.68. The number of carbonyl (C=O) groups is 2. The van der Waals surface area contributed by atoms with Crippen molar-refractivity contribution in [2.75, 3.05) is 14.1 Å². The Labute approximate surface area is 158 Å². The van der Waals surface area contributed by atoms with Crippen molar-refractivity contribution in [1.82, 2.24) is 15.7 Å². The minimum absolute atomic E-state index is 0.347. The Hall–Kier alpha value is -2.74. The third-order valence-corrected chi connectivity index (χ3v) is 4.09. The number of rotatable bonds is 7. The molecule has 7 heteroatoms. The average Bonchev–Trinajstić information content (AvgIpc) is 2.65. The molecule has 0 fully saturated rings. The SMILES string of the molecule is C[C@@H](O)[C@H](NC(=O)c1ccc(-c2ccc(CN(C)C)cc2)cc1)C(=O)NO. The first-order chi connectivity index (χ1) is 12.8. The van der Waals surface area contributed by atoms with Crippen LogP contribution >= 0.6 is 0 Å². The highest BCUT2D eigenvalue weighted by atomic mass is 16.5. The van der Waals surface area contributed by atoms with Crippen molar-refractivity contribution in [2.45, 2.75) is 25.6 Å². The molecule has 2 rings (SSSR count). The van der Waals surface area contributed by atoms with E-state index >= 15 is 0 Å². The lowest BCUT2D eigenvalue weighted by molar-refractivity contribution is -0.133. The Kier molecular flexibility index (Phi) is 7.06. The highest BCUT2D eigenvalue weighted by molar-refractivity contribution is 5.97. The zero-order valence-corrected chi connectivity index (χ0v) is 15.6. The molecule has 144 valence electrons. The van der Waals surface area contributed by atoms with E-state index in [0.717, 1.165) is 17.7 Å². The van der Waals surface area contributed by atoms with Gasteiger partial charge in [-0.1, -0.05) is 36.4 Å². The Balaban J connectivity index is 2.10. The summed E-state index contributed by atoms with van der Waals surface area (Å²) in [5.41, 5.74) is 4.99. The standard InChI is InChI=1S/C20H25N3O4/c1-13(24)18(20(26)22-27)21-19(25)17-10-8-16(9-11-17)15-6-4-14(5-7-15)12-23(2)3/h4-11,13,18,24,27H,12H2,1-3H3,(H,21,25)(H,22,26)/t13-,18+/m1/s1. The number of hydroxylamine groups is 1. The van der Waals surface area contributed by atoms with Crippen LogP contribution in [0.3, 0.4) is 0 Å². The minimum atomic E-state index is -1.24. The Bertz CT molecular complexity index is 771. The van der Waals surface area contributed by atoms with Crippen LogP contribution in [0, 0.1) is 0 Å². The van der Waals surface area contributed by atoms with Crippen molar-refractivity contribution in [3.05, 3.63) is 59.7 Å². The third kappa shape index (κ3) is 5.62. The molecule has 0 aliphatic heterocycles. The summed E-state index contributed by atoms with van der Waals surface area (Å²) in [7, 11) is 4.04. The van der Waals surface area contributed by atoms with Crippen molar-refractivity contribution < 1.29 is 19.9 Å². The van der Waals surface area contributed by atoms with Crippen LogP contribution < -0.4 is 10.8 Å². The molecule has 0 aliphatic rings. The molecular weight excluding hydrogens is 346 g/mol. The van der Waals surface area contributed by atoms with Crippen LogP contribution in [0.25, 0.3) is 11.1 Å². The van der Waals surface area contributed by atoms with Crippen molar-refractivity contribution in [3.8, 4) is 11.1 Å². The average molecular weight is 371 g/mol. The first-order valence-electron chi connectivity index (χ1n) is 8.59. The smallest absolute Gasteiger partial charge is 0.268 e. The number of hydrogen-bond donors (Lipinski definition) is 4. The largest absolute Gasteiger partial charge is 0.391 e. The Morgan fingerprint density at radius 1 is 1.00 bits per heavy atom. The van der Waals surface area contributed by atoms with Crippen molar-refractivity contribution >= 4 is 11.8 Å². The molecule has 0 radical (unpaired) electrons.